The summed E-state index contributed by atoms with van der Waals surface area (Å²) in [7, 11) is 3.13. The number of methoxy groups -OCH3 is 2. The summed E-state index contributed by atoms with van der Waals surface area (Å²) >= 11 is 0. The molecule has 0 spiro atoms. The lowest BCUT2D eigenvalue weighted by atomic mass is 10.1. The van der Waals surface area contributed by atoms with Gasteiger partial charge in [0.1, 0.15) is 11.6 Å². The summed E-state index contributed by atoms with van der Waals surface area (Å²) in [6, 6.07) is 15.2. The summed E-state index contributed by atoms with van der Waals surface area (Å²) in [4.78, 5) is 18.3. The van der Waals surface area contributed by atoms with E-state index in [9.17, 15) is 9.18 Å². The van der Waals surface area contributed by atoms with Gasteiger partial charge in [0.2, 0.25) is 0 Å². The van der Waals surface area contributed by atoms with Gasteiger partial charge in [-0.15, -0.1) is 5.10 Å². The van der Waals surface area contributed by atoms with Crippen LogP contribution in [0.3, 0.4) is 0 Å². The third-order valence-corrected chi connectivity index (χ3v) is 6.67. The monoisotopic (exact) mass is 532 g/mol. The van der Waals surface area contributed by atoms with Crippen molar-refractivity contribution in [2.75, 3.05) is 14.2 Å². The van der Waals surface area contributed by atoms with E-state index in [1.807, 2.05) is 31.2 Å². The number of halogens is 1. The van der Waals surface area contributed by atoms with E-state index in [1.54, 1.807) is 43.4 Å². The fraction of sp³-hybridized carbons (Fsp3) is 0.286. The topological polar surface area (TPSA) is 111 Å². The van der Waals surface area contributed by atoms with E-state index in [0.717, 1.165) is 16.7 Å². The molecule has 0 fully saturated rings. The van der Waals surface area contributed by atoms with Crippen LogP contribution >= 0.6 is 0 Å². The van der Waals surface area contributed by atoms with Crippen molar-refractivity contribution < 1.29 is 18.3 Å². The average Bonchev–Trinajstić information content (AvgIpc) is 3.62. The molecule has 3 aromatic heterocycles. The van der Waals surface area contributed by atoms with Gasteiger partial charge in [-0.1, -0.05) is 19.1 Å². The lowest BCUT2D eigenvalue weighted by molar-refractivity contribution is 0.149. The van der Waals surface area contributed by atoms with Crippen molar-refractivity contribution in [1.29, 1.82) is 0 Å². The number of rotatable bonds is 11. The van der Waals surface area contributed by atoms with E-state index in [-0.39, 0.29) is 17.4 Å². The fourth-order valence-electron chi connectivity index (χ4n) is 4.72. The first-order valence-corrected chi connectivity index (χ1v) is 12.5. The second-order valence-corrected chi connectivity index (χ2v) is 9.15. The number of furan rings is 1. The van der Waals surface area contributed by atoms with Gasteiger partial charge in [0, 0.05) is 23.6 Å². The molecule has 2 aromatic carbocycles. The third-order valence-electron chi connectivity index (χ3n) is 6.67. The molecule has 3 heterocycles. The van der Waals surface area contributed by atoms with Gasteiger partial charge in [-0.25, -0.2) is 9.07 Å². The molecule has 0 aliphatic carbocycles. The van der Waals surface area contributed by atoms with Gasteiger partial charge in [-0.2, -0.15) is 0 Å². The number of fused-ring (bicyclic) bond motifs is 1. The van der Waals surface area contributed by atoms with E-state index >= 15 is 0 Å². The molecule has 39 heavy (non-hydrogen) atoms. The average molecular weight is 533 g/mol. The van der Waals surface area contributed by atoms with Gasteiger partial charge in [-0.05, 0) is 58.8 Å². The molecule has 0 saturated carbocycles. The van der Waals surface area contributed by atoms with Crippen molar-refractivity contribution >= 4 is 10.9 Å². The van der Waals surface area contributed by atoms with Crippen LogP contribution in [-0.2, 0) is 19.6 Å². The largest absolute Gasteiger partial charge is 0.493 e. The van der Waals surface area contributed by atoms with Crippen LogP contribution in [0.4, 0.5) is 4.39 Å². The Kier molecular flexibility index (Phi) is 7.69. The number of ether oxygens (including phenoxy) is 2. The molecule has 0 aliphatic rings. The smallest absolute Gasteiger partial charge is 0.252 e. The number of nitrogens with zero attached hydrogens (tertiary/aromatic N) is 5. The molecule has 5 aromatic rings. The number of aromatic amines is 1. The first-order valence-electron chi connectivity index (χ1n) is 12.5. The minimum atomic E-state index is -0.302. The number of hydrogen-bond donors (Lipinski definition) is 1. The number of H-pyrrole nitrogens is 1. The number of tetrazole rings is 1. The Hall–Kier alpha value is -4.51. The van der Waals surface area contributed by atoms with Gasteiger partial charge < -0.3 is 18.9 Å². The number of benzene rings is 2. The van der Waals surface area contributed by atoms with Crippen LogP contribution in [0.1, 0.15) is 42.1 Å². The summed E-state index contributed by atoms with van der Waals surface area (Å²) in [5, 5.41) is 13.3. The van der Waals surface area contributed by atoms with Crippen molar-refractivity contribution in [1.82, 2.24) is 30.1 Å². The van der Waals surface area contributed by atoms with Crippen molar-refractivity contribution in [3.63, 3.8) is 0 Å². The predicted molar refractivity (Wildman–Crippen MR) is 142 cm³/mol. The molecule has 11 heteroatoms. The van der Waals surface area contributed by atoms with Crippen LogP contribution in [0.15, 0.2) is 70.1 Å². The molecule has 0 aliphatic heterocycles. The summed E-state index contributed by atoms with van der Waals surface area (Å²) < 4.78 is 31.6. The van der Waals surface area contributed by atoms with Crippen LogP contribution in [0.5, 0.6) is 11.5 Å². The minimum absolute atomic E-state index is 0.208. The van der Waals surface area contributed by atoms with Crippen molar-refractivity contribution in [3.05, 3.63) is 99.7 Å². The molecule has 1 unspecified atom stereocenters. The Labute approximate surface area is 224 Å². The third kappa shape index (κ3) is 5.68. The second-order valence-electron chi connectivity index (χ2n) is 9.15. The zero-order valence-electron chi connectivity index (χ0n) is 21.9. The Morgan fingerprint density at radius 3 is 2.54 bits per heavy atom. The highest BCUT2D eigenvalue weighted by Gasteiger charge is 2.27. The van der Waals surface area contributed by atoms with Gasteiger partial charge in [0.05, 0.1) is 45.1 Å². The molecule has 0 saturated heterocycles. The Morgan fingerprint density at radius 2 is 1.85 bits per heavy atom. The predicted octanol–water partition coefficient (Wildman–Crippen LogP) is 4.47. The first kappa shape index (κ1) is 26.1. The normalized spacial score (nSPS) is 12.2. The molecular formula is C28H29FN6O4. The lowest BCUT2D eigenvalue weighted by Gasteiger charge is -2.29. The van der Waals surface area contributed by atoms with E-state index in [1.165, 1.54) is 12.1 Å². The van der Waals surface area contributed by atoms with Crippen LogP contribution in [0, 0.1) is 5.82 Å². The zero-order valence-corrected chi connectivity index (χ0v) is 21.9. The number of pyridine rings is 1. The van der Waals surface area contributed by atoms with Crippen LogP contribution in [0.2, 0.25) is 0 Å². The zero-order chi connectivity index (χ0) is 27.4. The molecular weight excluding hydrogens is 503 g/mol. The maximum Gasteiger partial charge on any atom is 0.252 e. The lowest BCUT2D eigenvalue weighted by Crippen LogP contribution is -2.32. The summed E-state index contributed by atoms with van der Waals surface area (Å²) in [5.74, 6) is 2.18. The van der Waals surface area contributed by atoms with E-state index in [2.05, 4.69) is 25.4 Å². The molecule has 202 valence electrons. The highest BCUT2D eigenvalue weighted by Crippen LogP contribution is 2.32. The molecule has 10 nitrogen and oxygen atoms in total. The van der Waals surface area contributed by atoms with Crippen molar-refractivity contribution in [3.8, 4) is 11.5 Å². The van der Waals surface area contributed by atoms with Gasteiger partial charge in [0.15, 0.2) is 17.3 Å². The summed E-state index contributed by atoms with van der Waals surface area (Å²) in [6.07, 6.45) is 2.29. The second kappa shape index (κ2) is 11.5. The Morgan fingerprint density at radius 1 is 1.08 bits per heavy atom. The number of hydrogen-bond acceptors (Lipinski definition) is 8. The summed E-state index contributed by atoms with van der Waals surface area (Å²) in [5.41, 5.74) is 1.87. The Balaban J connectivity index is 1.51. The molecule has 1 N–H and O–H groups in total. The van der Waals surface area contributed by atoms with Gasteiger partial charge >= 0.3 is 0 Å². The summed E-state index contributed by atoms with van der Waals surface area (Å²) in [6.45, 7) is 3.16. The molecule has 0 radical (unpaired) electrons. The van der Waals surface area contributed by atoms with E-state index < -0.39 is 0 Å². The standard InChI is InChI=1S/C28H29FN6O4/c1-4-24(27-31-32-33-35(27)15-18-7-9-21(29)10-8-18)34(17-22-6-5-11-39-22)16-20-12-19-13-25(37-2)26(38-3)14-23(19)30-28(20)36/h5-14,24H,4,15-17H2,1-3H3,(H,30,36). The van der Waals surface area contributed by atoms with Crippen LogP contribution in [-0.4, -0.2) is 44.3 Å². The minimum Gasteiger partial charge on any atom is -0.493 e. The van der Waals surface area contributed by atoms with Crippen LogP contribution < -0.4 is 15.0 Å². The maximum atomic E-state index is 13.4. The molecule has 0 bridgehead atoms. The van der Waals surface area contributed by atoms with E-state index in [4.69, 9.17) is 13.9 Å². The van der Waals surface area contributed by atoms with Crippen molar-refractivity contribution in [2.24, 2.45) is 0 Å². The fourth-order valence-corrected chi connectivity index (χ4v) is 4.72. The molecule has 5 rings (SSSR count). The SMILES string of the molecule is CCC(c1nnnn1Cc1ccc(F)cc1)N(Cc1ccco1)Cc1cc2cc(OC)c(OC)cc2[nH]c1=O. The van der Waals surface area contributed by atoms with Gasteiger partial charge in [-0.3, -0.25) is 9.69 Å². The number of nitrogens with one attached hydrogen (secondary N) is 1. The Bertz CT molecular complexity index is 1600. The highest BCUT2D eigenvalue weighted by molar-refractivity contribution is 5.83. The van der Waals surface area contributed by atoms with Crippen LogP contribution in [0.25, 0.3) is 10.9 Å². The molecule has 1 atom stereocenters. The van der Waals surface area contributed by atoms with Gasteiger partial charge in [0.25, 0.3) is 5.56 Å². The quantitative estimate of drug-likeness (QED) is 0.265. The van der Waals surface area contributed by atoms with E-state index in [0.29, 0.717) is 54.5 Å². The first-order chi connectivity index (χ1) is 19.0. The molecule has 0 amide bonds. The van der Waals surface area contributed by atoms with Crippen molar-refractivity contribution in [2.45, 2.75) is 39.0 Å². The highest BCUT2D eigenvalue weighted by atomic mass is 19.1. The maximum absolute atomic E-state index is 13.4. The number of aromatic nitrogens is 5.